The van der Waals surface area contributed by atoms with Gasteiger partial charge in [0.15, 0.2) is 6.04 Å². The number of carbonyl (C=O) groups is 1. The van der Waals surface area contributed by atoms with E-state index in [1.165, 1.54) is 11.8 Å². The van der Waals surface area contributed by atoms with Crippen molar-refractivity contribution < 1.29 is 15.0 Å². The molecule has 1 aliphatic rings. The molecule has 2 rings (SSSR count). The number of aryl methyl sites for hydroxylation is 1. The summed E-state index contributed by atoms with van der Waals surface area (Å²) >= 11 is 1.36. The van der Waals surface area contributed by atoms with E-state index in [1.54, 1.807) is 12.1 Å². The van der Waals surface area contributed by atoms with Gasteiger partial charge >= 0.3 is 35.5 Å². The number of rotatable bonds is 2. The summed E-state index contributed by atoms with van der Waals surface area (Å²) in [6.45, 7) is 1.91. The first-order valence-electron chi connectivity index (χ1n) is 4.81. The maximum atomic E-state index is 10.7. The van der Waals surface area contributed by atoms with Crippen molar-refractivity contribution in [3.05, 3.63) is 29.3 Å². The molecule has 1 aromatic rings. The van der Waals surface area contributed by atoms with Gasteiger partial charge in [0.25, 0.3) is 0 Å². The maximum absolute atomic E-state index is 10.7. The fraction of sp³-hybridized carbons (Fsp3) is 0.273. The number of hydrogen-bond donors (Lipinski definition) is 2. The predicted octanol–water partition coefficient (Wildman–Crippen LogP) is 0.999. The van der Waals surface area contributed by atoms with Gasteiger partial charge in [-0.05, 0) is 19.1 Å². The zero-order valence-electron chi connectivity index (χ0n) is 8.67. The Labute approximate surface area is 125 Å². The molecule has 1 heterocycles. The van der Waals surface area contributed by atoms with E-state index in [-0.39, 0.29) is 35.3 Å². The molecule has 17 heavy (non-hydrogen) atoms. The number of hydrogen-bond acceptors (Lipinski definition) is 4. The summed E-state index contributed by atoms with van der Waals surface area (Å²) in [5.74, 6) is -0.351. The summed E-state index contributed by atoms with van der Waals surface area (Å²) in [7, 11) is 0. The molecule has 0 spiro atoms. The molecule has 0 fully saturated rings. The molecule has 1 atom stereocenters. The molecular formula is C11H12NNaO3S. The fourth-order valence-corrected chi connectivity index (χ4v) is 2.52. The van der Waals surface area contributed by atoms with Crippen molar-refractivity contribution in [1.82, 2.24) is 0 Å². The Morgan fingerprint density at radius 2 is 2.24 bits per heavy atom. The number of aliphatic imine (C=N–C) groups is 1. The van der Waals surface area contributed by atoms with Crippen molar-refractivity contribution in [2.24, 2.45) is 4.99 Å². The molecule has 1 unspecified atom stereocenters. The van der Waals surface area contributed by atoms with Gasteiger partial charge in [-0.15, -0.1) is 11.8 Å². The SMILES string of the molecule is Cc1ccc(O)c(C2=NC(C(=O)O)CS2)c1.[NaH]. The van der Waals surface area contributed by atoms with Crippen LogP contribution in [0.3, 0.4) is 0 Å². The van der Waals surface area contributed by atoms with Gasteiger partial charge in [-0.1, -0.05) is 11.6 Å². The van der Waals surface area contributed by atoms with Gasteiger partial charge in [0.2, 0.25) is 0 Å². The molecule has 0 amide bonds. The quantitative estimate of drug-likeness (QED) is 0.779. The van der Waals surface area contributed by atoms with Crippen molar-refractivity contribution >= 4 is 52.3 Å². The molecule has 0 saturated carbocycles. The number of carboxylic acids is 1. The van der Waals surface area contributed by atoms with Crippen LogP contribution in [0.5, 0.6) is 5.75 Å². The number of thioether (sulfide) groups is 1. The third-order valence-electron chi connectivity index (χ3n) is 2.32. The van der Waals surface area contributed by atoms with E-state index in [1.807, 2.05) is 13.0 Å². The van der Waals surface area contributed by atoms with Gasteiger partial charge in [-0.2, -0.15) is 0 Å². The molecule has 0 radical (unpaired) electrons. The van der Waals surface area contributed by atoms with Gasteiger partial charge in [0.1, 0.15) is 10.8 Å². The summed E-state index contributed by atoms with van der Waals surface area (Å²) in [6.07, 6.45) is 0. The zero-order valence-corrected chi connectivity index (χ0v) is 9.49. The molecule has 86 valence electrons. The number of nitrogens with zero attached hydrogens (tertiary/aromatic N) is 1. The Kier molecular flexibility index (Phi) is 5.06. The molecular weight excluding hydrogens is 249 g/mol. The van der Waals surface area contributed by atoms with E-state index in [9.17, 15) is 9.90 Å². The monoisotopic (exact) mass is 261 g/mol. The second-order valence-corrected chi connectivity index (χ2v) is 4.63. The van der Waals surface area contributed by atoms with Crippen molar-refractivity contribution in [1.29, 1.82) is 0 Å². The van der Waals surface area contributed by atoms with E-state index in [0.717, 1.165) is 5.56 Å². The van der Waals surface area contributed by atoms with E-state index < -0.39 is 12.0 Å². The first-order chi connectivity index (χ1) is 7.58. The molecule has 1 aromatic carbocycles. The molecule has 0 aliphatic carbocycles. The number of aromatic hydroxyl groups is 1. The third-order valence-corrected chi connectivity index (χ3v) is 3.40. The molecule has 0 aromatic heterocycles. The number of carboxylic acid groups (broad SMARTS) is 1. The van der Waals surface area contributed by atoms with Gasteiger partial charge in [0.05, 0.1) is 0 Å². The molecule has 6 heteroatoms. The Bertz CT molecular complexity index is 476. The first kappa shape index (κ1) is 14.6. The van der Waals surface area contributed by atoms with Crippen LogP contribution in [0.2, 0.25) is 0 Å². The van der Waals surface area contributed by atoms with Crippen LogP contribution >= 0.6 is 11.8 Å². The van der Waals surface area contributed by atoms with Crippen LogP contribution in [0.25, 0.3) is 0 Å². The van der Waals surface area contributed by atoms with Gasteiger partial charge in [-0.25, -0.2) is 4.79 Å². The zero-order chi connectivity index (χ0) is 11.7. The third kappa shape index (κ3) is 3.25. The summed E-state index contributed by atoms with van der Waals surface area (Å²) in [4.78, 5) is 14.8. The van der Waals surface area contributed by atoms with E-state index >= 15 is 0 Å². The first-order valence-corrected chi connectivity index (χ1v) is 5.80. The molecule has 4 nitrogen and oxygen atoms in total. The minimum absolute atomic E-state index is 0. The number of phenolic OH excluding ortho intramolecular Hbond substituents is 1. The normalized spacial score (nSPS) is 18.4. The van der Waals surface area contributed by atoms with Crippen LogP contribution in [0, 0.1) is 6.92 Å². The topological polar surface area (TPSA) is 69.9 Å². The fourth-order valence-electron chi connectivity index (χ4n) is 1.47. The summed E-state index contributed by atoms with van der Waals surface area (Å²) in [5, 5.41) is 19.1. The molecule has 0 bridgehead atoms. The summed E-state index contributed by atoms with van der Waals surface area (Å²) < 4.78 is 0. The number of benzene rings is 1. The van der Waals surface area contributed by atoms with Crippen LogP contribution in [0.15, 0.2) is 23.2 Å². The number of aliphatic carboxylic acids is 1. The molecule has 2 N–H and O–H groups in total. The van der Waals surface area contributed by atoms with Crippen LogP contribution in [-0.4, -0.2) is 62.6 Å². The van der Waals surface area contributed by atoms with Gasteiger partial charge < -0.3 is 10.2 Å². The van der Waals surface area contributed by atoms with Crippen LogP contribution in [-0.2, 0) is 4.79 Å². The molecule has 1 aliphatic heterocycles. The van der Waals surface area contributed by atoms with Gasteiger partial charge in [-0.3, -0.25) is 4.99 Å². The second kappa shape index (κ2) is 5.91. The Balaban J connectivity index is 0.00000144. The van der Waals surface area contributed by atoms with Crippen molar-refractivity contribution in [3.8, 4) is 5.75 Å². The summed E-state index contributed by atoms with van der Waals surface area (Å²) in [5.41, 5.74) is 1.63. The van der Waals surface area contributed by atoms with Gasteiger partial charge in [0, 0.05) is 11.3 Å². The Hall–Kier alpha value is -0.490. The second-order valence-electron chi connectivity index (χ2n) is 3.62. The van der Waals surface area contributed by atoms with Crippen LogP contribution in [0.1, 0.15) is 11.1 Å². The molecule has 0 saturated heterocycles. The van der Waals surface area contributed by atoms with Crippen LogP contribution < -0.4 is 0 Å². The standard InChI is InChI=1S/C11H11NO3S.Na.H/c1-6-2-3-9(13)7(4-6)10-12-8(5-16-10)11(14)15;;/h2-4,8,13H,5H2,1H3,(H,14,15);;. The van der Waals surface area contributed by atoms with Crippen molar-refractivity contribution in [2.45, 2.75) is 13.0 Å². The van der Waals surface area contributed by atoms with Crippen molar-refractivity contribution in [2.75, 3.05) is 5.75 Å². The van der Waals surface area contributed by atoms with E-state index in [4.69, 9.17) is 5.11 Å². The van der Waals surface area contributed by atoms with Crippen LogP contribution in [0.4, 0.5) is 0 Å². The number of phenols is 1. The average Bonchev–Trinajstić information content (AvgIpc) is 2.70. The average molecular weight is 261 g/mol. The Morgan fingerprint density at radius 1 is 1.53 bits per heavy atom. The van der Waals surface area contributed by atoms with E-state index in [0.29, 0.717) is 16.4 Å². The minimum atomic E-state index is -0.922. The van der Waals surface area contributed by atoms with E-state index in [2.05, 4.69) is 4.99 Å². The van der Waals surface area contributed by atoms with Crippen molar-refractivity contribution in [3.63, 3.8) is 0 Å². The predicted molar refractivity (Wildman–Crippen MR) is 70.4 cm³/mol. The summed E-state index contributed by atoms with van der Waals surface area (Å²) in [6, 6.07) is 4.51. The Morgan fingerprint density at radius 3 is 2.82 bits per heavy atom.